The highest BCUT2D eigenvalue weighted by Crippen LogP contribution is 2.23. The molecule has 0 radical (unpaired) electrons. The Bertz CT molecular complexity index is 1090. The standard InChI is InChI=1S/C57H109NO8/c1-3-5-7-9-11-13-15-17-19-20-21-22-23-24-25-26-27-28-29-30-31-33-35-37-39-41-43-45-47-53(61)58-50(49-65-57-56(64)55(63)54(62)52(48-59)66-57)51(60)46-44-42-40-38-36-34-32-18-16-14-12-10-8-6-4-2/h24-25,44,46,50-52,54-57,59-60,62-64H,3-23,26-43,45,47-49H2,1-2H3,(H,58,61)/b25-24-,46-44+. The molecule has 1 saturated heterocycles. The zero-order valence-electron chi connectivity index (χ0n) is 43.2. The molecule has 390 valence electrons. The summed E-state index contributed by atoms with van der Waals surface area (Å²) in [6.45, 7) is 3.80. The van der Waals surface area contributed by atoms with Crippen molar-refractivity contribution in [2.75, 3.05) is 13.2 Å². The predicted molar refractivity (Wildman–Crippen MR) is 277 cm³/mol. The fourth-order valence-corrected chi connectivity index (χ4v) is 9.21. The Morgan fingerprint density at radius 1 is 0.500 bits per heavy atom. The van der Waals surface area contributed by atoms with E-state index < -0.39 is 49.5 Å². The lowest BCUT2D eigenvalue weighted by Gasteiger charge is -2.40. The second-order valence-electron chi connectivity index (χ2n) is 20.1. The Kier molecular flexibility index (Phi) is 45.0. The molecule has 0 aromatic heterocycles. The molecule has 0 aromatic rings. The molecule has 1 fully saturated rings. The van der Waals surface area contributed by atoms with E-state index in [1.165, 1.54) is 218 Å². The SMILES string of the molecule is CCCCCCCCCCCCCC/C=C\CCCCCCCCCCCCCCC(=O)NC(COC1OC(CO)C(O)C(O)C1O)C(O)/C=C/CCCCCCCCCCCCCCC. The zero-order chi connectivity index (χ0) is 48.0. The number of unbranched alkanes of at least 4 members (excludes halogenated alkanes) is 37. The van der Waals surface area contributed by atoms with Gasteiger partial charge in [-0.1, -0.05) is 250 Å². The van der Waals surface area contributed by atoms with Crippen LogP contribution < -0.4 is 5.32 Å². The van der Waals surface area contributed by atoms with Gasteiger partial charge in [0.25, 0.3) is 0 Å². The number of hydrogen-bond donors (Lipinski definition) is 6. The molecular formula is C57H109NO8. The first-order valence-corrected chi connectivity index (χ1v) is 28.6. The maximum Gasteiger partial charge on any atom is 0.220 e. The number of nitrogens with one attached hydrogen (secondary N) is 1. The van der Waals surface area contributed by atoms with E-state index in [1.807, 2.05) is 6.08 Å². The van der Waals surface area contributed by atoms with Crippen molar-refractivity contribution in [3.8, 4) is 0 Å². The van der Waals surface area contributed by atoms with Crippen LogP contribution in [0, 0.1) is 0 Å². The Morgan fingerprint density at radius 2 is 0.848 bits per heavy atom. The van der Waals surface area contributed by atoms with E-state index in [0.717, 1.165) is 38.5 Å². The van der Waals surface area contributed by atoms with E-state index in [-0.39, 0.29) is 12.5 Å². The fourth-order valence-electron chi connectivity index (χ4n) is 9.21. The first-order chi connectivity index (χ1) is 32.3. The molecule has 7 atom stereocenters. The predicted octanol–water partition coefficient (Wildman–Crippen LogP) is 13.8. The Morgan fingerprint density at radius 3 is 1.23 bits per heavy atom. The summed E-state index contributed by atoms with van der Waals surface area (Å²) in [5.74, 6) is -0.174. The number of allylic oxidation sites excluding steroid dienone is 3. The van der Waals surface area contributed by atoms with Crippen LogP contribution in [0.4, 0.5) is 0 Å². The summed E-state index contributed by atoms with van der Waals surface area (Å²) in [6.07, 6.45) is 52.5. The van der Waals surface area contributed by atoms with Crippen LogP contribution in [-0.2, 0) is 14.3 Å². The number of hydrogen-bond acceptors (Lipinski definition) is 8. The molecule has 1 amide bonds. The number of carbonyl (C=O) groups excluding carboxylic acids is 1. The average molecular weight is 936 g/mol. The second-order valence-corrected chi connectivity index (χ2v) is 20.1. The van der Waals surface area contributed by atoms with Gasteiger partial charge in [0, 0.05) is 6.42 Å². The highest BCUT2D eigenvalue weighted by atomic mass is 16.7. The van der Waals surface area contributed by atoms with Gasteiger partial charge in [0.15, 0.2) is 6.29 Å². The number of rotatable bonds is 49. The average Bonchev–Trinajstić information content (AvgIpc) is 3.32. The van der Waals surface area contributed by atoms with Crippen LogP contribution in [0.5, 0.6) is 0 Å². The largest absolute Gasteiger partial charge is 0.394 e. The topological polar surface area (TPSA) is 149 Å². The lowest BCUT2D eigenvalue weighted by Crippen LogP contribution is -2.60. The van der Waals surface area contributed by atoms with Gasteiger partial charge in [-0.3, -0.25) is 4.79 Å². The highest BCUT2D eigenvalue weighted by Gasteiger charge is 2.44. The molecule has 9 nitrogen and oxygen atoms in total. The minimum atomic E-state index is -1.56. The molecule has 9 heteroatoms. The molecule has 1 aliphatic heterocycles. The van der Waals surface area contributed by atoms with Gasteiger partial charge in [-0.25, -0.2) is 0 Å². The number of amides is 1. The summed E-state index contributed by atoms with van der Waals surface area (Å²) in [5.41, 5.74) is 0. The van der Waals surface area contributed by atoms with Gasteiger partial charge in [-0.15, -0.1) is 0 Å². The van der Waals surface area contributed by atoms with Crippen molar-refractivity contribution in [1.29, 1.82) is 0 Å². The lowest BCUT2D eigenvalue weighted by atomic mass is 9.99. The monoisotopic (exact) mass is 936 g/mol. The van der Waals surface area contributed by atoms with Crippen molar-refractivity contribution >= 4 is 5.91 Å². The maximum atomic E-state index is 13.0. The molecule has 6 N–H and O–H groups in total. The third-order valence-electron chi connectivity index (χ3n) is 13.8. The van der Waals surface area contributed by atoms with Crippen LogP contribution in [0.25, 0.3) is 0 Å². The van der Waals surface area contributed by atoms with Gasteiger partial charge >= 0.3 is 0 Å². The second kappa shape index (κ2) is 47.4. The van der Waals surface area contributed by atoms with Gasteiger partial charge < -0.3 is 40.3 Å². The van der Waals surface area contributed by atoms with Crippen molar-refractivity contribution in [3.05, 3.63) is 24.3 Å². The van der Waals surface area contributed by atoms with E-state index in [1.54, 1.807) is 6.08 Å². The Hall–Kier alpha value is -1.33. The first-order valence-electron chi connectivity index (χ1n) is 28.6. The molecule has 1 aliphatic rings. The first kappa shape index (κ1) is 62.7. The molecule has 0 aliphatic carbocycles. The normalized spacial score (nSPS) is 19.9. The molecule has 0 aromatic carbocycles. The van der Waals surface area contributed by atoms with E-state index in [0.29, 0.717) is 6.42 Å². The number of carbonyl (C=O) groups is 1. The van der Waals surface area contributed by atoms with Crippen LogP contribution in [-0.4, -0.2) is 87.5 Å². The molecule has 1 heterocycles. The van der Waals surface area contributed by atoms with Crippen LogP contribution in [0.15, 0.2) is 24.3 Å². The van der Waals surface area contributed by atoms with Crippen molar-refractivity contribution in [1.82, 2.24) is 5.32 Å². The number of aliphatic hydroxyl groups excluding tert-OH is 5. The highest BCUT2D eigenvalue weighted by molar-refractivity contribution is 5.76. The van der Waals surface area contributed by atoms with Crippen LogP contribution in [0.3, 0.4) is 0 Å². The van der Waals surface area contributed by atoms with Crippen LogP contribution >= 0.6 is 0 Å². The summed E-state index contributed by atoms with van der Waals surface area (Å²) in [7, 11) is 0. The molecule has 0 bridgehead atoms. The van der Waals surface area contributed by atoms with E-state index in [4.69, 9.17) is 9.47 Å². The molecular weight excluding hydrogens is 827 g/mol. The van der Waals surface area contributed by atoms with Gasteiger partial charge in [-0.05, 0) is 44.9 Å². The third-order valence-corrected chi connectivity index (χ3v) is 13.8. The van der Waals surface area contributed by atoms with Gasteiger partial charge in [0.05, 0.1) is 25.4 Å². The smallest absolute Gasteiger partial charge is 0.220 e. The summed E-state index contributed by atoms with van der Waals surface area (Å²) >= 11 is 0. The summed E-state index contributed by atoms with van der Waals surface area (Å²) in [6, 6.07) is -0.802. The minimum absolute atomic E-state index is 0.174. The molecule has 66 heavy (non-hydrogen) atoms. The number of ether oxygens (including phenoxy) is 2. The quantitative estimate of drug-likeness (QED) is 0.0261. The van der Waals surface area contributed by atoms with Crippen LogP contribution in [0.2, 0.25) is 0 Å². The fraction of sp³-hybridized carbons (Fsp3) is 0.912. The van der Waals surface area contributed by atoms with Gasteiger partial charge in [0.1, 0.15) is 24.4 Å². The zero-order valence-corrected chi connectivity index (χ0v) is 43.2. The Balaban J connectivity index is 2.18. The molecule has 7 unspecified atom stereocenters. The third kappa shape index (κ3) is 36.6. The van der Waals surface area contributed by atoms with E-state index >= 15 is 0 Å². The summed E-state index contributed by atoms with van der Waals surface area (Å²) < 4.78 is 11.3. The molecule has 1 rings (SSSR count). The minimum Gasteiger partial charge on any atom is -0.394 e. The summed E-state index contributed by atoms with van der Waals surface area (Å²) in [5, 5.41) is 54.4. The molecule has 0 spiro atoms. The van der Waals surface area contributed by atoms with Gasteiger partial charge in [-0.2, -0.15) is 0 Å². The van der Waals surface area contributed by atoms with Crippen molar-refractivity contribution in [2.45, 2.75) is 320 Å². The lowest BCUT2D eigenvalue weighted by molar-refractivity contribution is -0.302. The van der Waals surface area contributed by atoms with E-state index in [2.05, 4.69) is 31.3 Å². The number of aliphatic hydroxyl groups is 5. The van der Waals surface area contributed by atoms with Crippen molar-refractivity contribution in [2.24, 2.45) is 0 Å². The van der Waals surface area contributed by atoms with Crippen molar-refractivity contribution in [3.63, 3.8) is 0 Å². The maximum absolute atomic E-state index is 13.0. The molecule has 0 saturated carbocycles. The Labute approximate surface area is 407 Å². The van der Waals surface area contributed by atoms with Crippen LogP contribution in [0.1, 0.15) is 277 Å². The van der Waals surface area contributed by atoms with Gasteiger partial charge in [0.2, 0.25) is 5.91 Å². The van der Waals surface area contributed by atoms with Crippen molar-refractivity contribution < 1.29 is 39.8 Å². The van der Waals surface area contributed by atoms with E-state index in [9.17, 15) is 30.3 Å². The summed E-state index contributed by atoms with van der Waals surface area (Å²) in [4.78, 5) is 13.0.